The number of hydrogen-bond donors (Lipinski definition) is 0. The summed E-state index contributed by atoms with van der Waals surface area (Å²) in [5, 5.41) is 0. The molecule has 2 heterocycles. The number of benzene rings is 3. The van der Waals surface area contributed by atoms with E-state index in [2.05, 4.69) is 0 Å². The van der Waals surface area contributed by atoms with Gasteiger partial charge < -0.3 is 9.64 Å². The van der Waals surface area contributed by atoms with Crippen LogP contribution in [0.25, 0.3) is 0 Å². The smallest absolute Gasteiger partial charge is 0.316 e. The molecule has 7 nitrogen and oxygen atoms in total. The monoisotopic (exact) mass is 458 g/mol. The van der Waals surface area contributed by atoms with Crippen LogP contribution < -0.4 is 14.5 Å². The van der Waals surface area contributed by atoms with Gasteiger partial charge in [0.2, 0.25) is 5.91 Å². The van der Waals surface area contributed by atoms with Crippen LogP contribution in [0.1, 0.15) is 32.7 Å². The van der Waals surface area contributed by atoms with Gasteiger partial charge in [0, 0.05) is 18.7 Å². The van der Waals surface area contributed by atoms with E-state index in [1.54, 1.807) is 43.3 Å². The fourth-order valence-corrected chi connectivity index (χ4v) is 4.29. The van der Waals surface area contributed by atoms with Crippen LogP contribution in [0.2, 0.25) is 0 Å². The van der Waals surface area contributed by atoms with Crippen molar-refractivity contribution in [1.29, 1.82) is 0 Å². The standard InChI is InChI=1S/C26H19FN2O5/c1-15-12-19(10-11-22(15)29-24(31)20-4-2-3-5-21(20)25(29)32)34-26(33)16-13-23(30)28(14-16)18-8-6-17(27)7-9-18/h2-12,16H,13-14H2,1H3/t16-/m1/s1. The number of carbonyl (C=O) groups excluding carboxylic acids is 4. The molecule has 8 heteroatoms. The predicted octanol–water partition coefficient (Wildman–Crippen LogP) is 3.89. The topological polar surface area (TPSA) is 84.0 Å². The molecule has 0 spiro atoms. The zero-order chi connectivity index (χ0) is 24.0. The number of fused-ring (bicyclic) bond motifs is 1. The summed E-state index contributed by atoms with van der Waals surface area (Å²) in [5.41, 5.74) is 2.20. The molecule has 1 fully saturated rings. The van der Waals surface area contributed by atoms with E-state index in [4.69, 9.17) is 4.74 Å². The number of halogens is 1. The summed E-state index contributed by atoms with van der Waals surface area (Å²) in [6, 6.07) is 16.8. The fourth-order valence-electron chi connectivity index (χ4n) is 4.29. The zero-order valence-corrected chi connectivity index (χ0v) is 18.2. The molecule has 3 amide bonds. The van der Waals surface area contributed by atoms with Crippen molar-refractivity contribution in [2.24, 2.45) is 5.92 Å². The van der Waals surface area contributed by atoms with Gasteiger partial charge in [-0.3, -0.25) is 19.2 Å². The molecule has 3 aromatic rings. The number of aryl methyl sites for hydroxylation is 1. The van der Waals surface area contributed by atoms with Crippen molar-refractivity contribution in [2.45, 2.75) is 13.3 Å². The minimum Gasteiger partial charge on any atom is -0.426 e. The number of rotatable bonds is 4. The summed E-state index contributed by atoms with van der Waals surface area (Å²) >= 11 is 0. The van der Waals surface area contributed by atoms with E-state index in [0.29, 0.717) is 28.1 Å². The summed E-state index contributed by atoms with van der Waals surface area (Å²) < 4.78 is 18.7. The van der Waals surface area contributed by atoms with Crippen LogP contribution in [-0.2, 0) is 9.59 Å². The molecule has 1 atom stereocenters. The highest BCUT2D eigenvalue weighted by Gasteiger charge is 2.38. The van der Waals surface area contributed by atoms with Crippen molar-refractivity contribution in [3.63, 3.8) is 0 Å². The largest absolute Gasteiger partial charge is 0.426 e. The Morgan fingerprint density at radius 2 is 1.59 bits per heavy atom. The van der Waals surface area contributed by atoms with Gasteiger partial charge in [0.05, 0.1) is 22.7 Å². The molecule has 34 heavy (non-hydrogen) atoms. The van der Waals surface area contributed by atoms with Crippen LogP contribution in [-0.4, -0.2) is 30.2 Å². The number of esters is 1. The highest BCUT2D eigenvalue weighted by atomic mass is 19.1. The van der Waals surface area contributed by atoms with Crippen molar-refractivity contribution in [1.82, 2.24) is 0 Å². The second-order valence-corrected chi connectivity index (χ2v) is 8.24. The Morgan fingerprint density at radius 1 is 0.941 bits per heavy atom. The molecular weight excluding hydrogens is 439 g/mol. The van der Waals surface area contributed by atoms with Crippen LogP contribution in [0.3, 0.4) is 0 Å². The van der Waals surface area contributed by atoms with Gasteiger partial charge in [-0.15, -0.1) is 0 Å². The van der Waals surface area contributed by atoms with Crippen molar-refractivity contribution >= 4 is 35.1 Å². The van der Waals surface area contributed by atoms with E-state index in [-0.39, 0.29) is 24.6 Å². The van der Waals surface area contributed by atoms with Crippen LogP contribution in [0.15, 0.2) is 66.7 Å². The van der Waals surface area contributed by atoms with Crippen molar-refractivity contribution in [3.8, 4) is 5.75 Å². The number of amides is 3. The zero-order valence-electron chi connectivity index (χ0n) is 18.2. The molecule has 0 N–H and O–H groups in total. The lowest BCUT2D eigenvalue weighted by molar-refractivity contribution is -0.139. The van der Waals surface area contributed by atoms with E-state index >= 15 is 0 Å². The summed E-state index contributed by atoms with van der Waals surface area (Å²) in [6.45, 7) is 1.85. The highest BCUT2D eigenvalue weighted by molar-refractivity contribution is 6.34. The van der Waals surface area contributed by atoms with Gasteiger partial charge >= 0.3 is 5.97 Å². The number of ether oxygens (including phenoxy) is 1. The lowest BCUT2D eigenvalue weighted by Crippen LogP contribution is -2.30. The first-order chi connectivity index (χ1) is 16.3. The van der Waals surface area contributed by atoms with Gasteiger partial charge in [-0.2, -0.15) is 0 Å². The maximum Gasteiger partial charge on any atom is 0.316 e. The number of nitrogens with zero attached hydrogens (tertiary/aromatic N) is 2. The summed E-state index contributed by atoms with van der Waals surface area (Å²) in [6.07, 6.45) is -0.0116. The molecule has 0 aliphatic carbocycles. The Hall–Kier alpha value is -4.33. The number of anilines is 2. The van der Waals surface area contributed by atoms with Crippen molar-refractivity contribution in [3.05, 3.63) is 89.2 Å². The molecule has 0 saturated carbocycles. The molecule has 0 radical (unpaired) electrons. The van der Waals surface area contributed by atoms with Crippen LogP contribution in [0.4, 0.5) is 15.8 Å². The Morgan fingerprint density at radius 3 is 2.21 bits per heavy atom. The molecule has 170 valence electrons. The number of imide groups is 1. The molecule has 2 aliphatic rings. The molecule has 5 rings (SSSR count). The first-order valence-electron chi connectivity index (χ1n) is 10.7. The van der Waals surface area contributed by atoms with E-state index in [9.17, 15) is 23.6 Å². The van der Waals surface area contributed by atoms with Gasteiger partial charge in [0.1, 0.15) is 11.6 Å². The first kappa shape index (κ1) is 21.5. The Kier molecular flexibility index (Phi) is 5.20. The lowest BCUT2D eigenvalue weighted by atomic mass is 10.1. The third-order valence-corrected chi connectivity index (χ3v) is 6.02. The second-order valence-electron chi connectivity index (χ2n) is 8.24. The normalized spacial score (nSPS) is 17.4. The predicted molar refractivity (Wildman–Crippen MR) is 121 cm³/mol. The molecule has 3 aromatic carbocycles. The second kappa shape index (κ2) is 8.22. The van der Waals surface area contributed by atoms with E-state index in [1.807, 2.05) is 0 Å². The molecule has 1 saturated heterocycles. The third kappa shape index (κ3) is 3.63. The van der Waals surface area contributed by atoms with Gasteiger partial charge in [-0.25, -0.2) is 9.29 Å². The molecule has 0 aromatic heterocycles. The minimum absolute atomic E-state index is 0.0116. The van der Waals surface area contributed by atoms with E-state index < -0.39 is 29.5 Å². The maximum atomic E-state index is 13.2. The Labute approximate surface area is 194 Å². The lowest BCUT2D eigenvalue weighted by Gasteiger charge is -2.18. The van der Waals surface area contributed by atoms with E-state index in [0.717, 1.165) is 4.90 Å². The molecule has 0 bridgehead atoms. The molecular formula is C26H19FN2O5. The number of carbonyl (C=O) groups is 4. The number of hydrogen-bond acceptors (Lipinski definition) is 5. The average Bonchev–Trinajstić information content (AvgIpc) is 3.33. The van der Waals surface area contributed by atoms with Crippen LogP contribution in [0, 0.1) is 18.7 Å². The summed E-state index contributed by atoms with van der Waals surface area (Å²) in [7, 11) is 0. The highest BCUT2D eigenvalue weighted by Crippen LogP contribution is 2.33. The molecule has 0 unspecified atom stereocenters. The quantitative estimate of drug-likeness (QED) is 0.337. The van der Waals surface area contributed by atoms with Gasteiger partial charge in [-0.05, 0) is 67.1 Å². The van der Waals surface area contributed by atoms with Crippen molar-refractivity contribution in [2.75, 3.05) is 16.3 Å². The maximum absolute atomic E-state index is 13.2. The van der Waals surface area contributed by atoms with E-state index in [1.165, 1.54) is 35.2 Å². The minimum atomic E-state index is -0.672. The average molecular weight is 458 g/mol. The SMILES string of the molecule is Cc1cc(OC(=O)[C@@H]2CC(=O)N(c3ccc(F)cc3)C2)ccc1N1C(=O)c2ccccc2C1=O. The van der Waals surface area contributed by atoms with Crippen LogP contribution >= 0.6 is 0 Å². The van der Waals surface area contributed by atoms with Crippen molar-refractivity contribution < 1.29 is 28.3 Å². The Balaban J connectivity index is 1.30. The first-order valence-corrected chi connectivity index (χ1v) is 10.7. The fraction of sp³-hybridized carbons (Fsp3) is 0.154. The third-order valence-electron chi connectivity index (χ3n) is 6.02. The summed E-state index contributed by atoms with van der Waals surface area (Å²) in [5.74, 6) is -2.45. The molecule has 2 aliphatic heterocycles. The van der Waals surface area contributed by atoms with Gasteiger partial charge in [0.25, 0.3) is 11.8 Å². The van der Waals surface area contributed by atoms with Crippen LogP contribution in [0.5, 0.6) is 5.75 Å². The summed E-state index contributed by atoms with van der Waals surface area (Å²) in [4.78, 5) is 53.2. The van der Waals surface area contributed by atoms with Gasteiger partial charge in [-0.1, -0.05) is 12.1 Å². The van der Waals surface area contributed by atoms with Gasteiger partial charge in [0.15, 0.2) is 0 Å². The Bertz CT molecular complexity index is 1320.